The predicted octanol–water partition coefficient (Wildman–Crippen LogP) is 4.64. The second-order valence-corrected chi connectivity index (χ2v) is 6.43. The minimum Gasteiger partial charge on any atom is -0.481 e. The number of aromatic nitrogens is 2. The summed E-state index contributed by atoms with van der Waals surface area (Å²) < 4.78 is 7.28. The Morgan fingerprint density at radius 1 is 1.15 bits per heavy atom. The lowest BCUT2D eigenvalue weighted by Crippen LogP contribution is -2.31. The van der Waals surface area contributed by atoms with Gasteiger partial charge < -0.3 is 10.1 Å². The summed E-state index contributed by atoms with van der Waals surface area (Å²) >= 11 is 12.3. The summed E-state index contributed by atoms with van der Waals surface area (Å²) in [7, 11) is 0. The van der Waals surface area contributed by atoms with Crippen molar-refractivity contribution < 1.29 is 9.53 Å². The standard InChI is InChI=1S/C19H17Cl2N3O2/c1-13(26-15-7-3-2-4-8-15)19(25)23-17-10-11-22-24(17)12-14-6-5-9-16(20)18(14)21/h2-11,13H,12H2,1H3,(H,23,25). The van der Waals surface area contributed by atoms with Crippen LogP contribution in [-0.4, -0.2) is 21.8 Å². The Morgan fingerprint density at radius 3 is 2.69 bits per heavy atom. The fraction of sp³-hybridized carbons (Fsp3) is 0.158. The highest BCUT2D eigenvalue weighted by Gasteiger charge is 2.17. The quantitative estimate of drug-likeness (QED) is 0.667. The minimum atomic E-state index is -0.657. The first-order valence-corrected chi connectivity index (χ1v) is 8.77. The molecule has 0 spiro atoms. The molecule has 1 amide bonds. The molecule has 0 radical (unpaired) electrons. The Kier molecular flexibility index (Phi) is 5.81. The van der Waals surface area contributed by atoms with Crippen LogP contribution in [0.2, 0.25) is 10.0 Å². The van der Waals surface area contributed by atoms with E-state index in [0.29, 0.717) is 28.2 Å². The van der Waals surface area contributed by atoms with Gasteiger partial charge in [-0.15, -0.1) is 0 Å². The Morgan fingerprint density at radius 2 is 1.92 bits per heavy atom. The second kappa shape index (κ2) is 8.25. The lowest BCUT2D eigenvalue weighted by Gasteiger charge is -2.15. The minimum absolute atomic E-state index is 0.271. The first-order valence-electron chi connectivity index (χ1n) is 8.02. The van der Waals surface area contributed by atoms with E-state index in [1.54, 1.807) is 42.1 Å². The molecule has 1 heterocycles. The van der Waals surface area contributed by atoms with Crippen LogP contribution < -0.4 is 10.1 Å². The van der Waals surface area contributed by atoms with Gasteiger partial charge in [0.25, 0.3) is 5.91 Å². The fourth-order valence-electron chi connectivity index (χ4n) is 2.38. The van der Waals surface area contributed by atoms with Crippen LogP contribution >= 0.6 is 23.2 Å². The van der Waals surface area contributed by atoms with Gasteiger partial charge in [-0.2, -0.15) is 5.10 Å². The highest BCUT2D eigenvalue weighted by atomic mass is 35.5. The smallest absolute Gasteiger partial charge is 0.266 e. The lowest BCUT2D eigenvalue weighted by atomic mass is 10.2. The molecule has 26 heavy (non-hydrogen) atoms. The third-order valence-corrected chi connectivity index (χ3v) is 4.60. The van der Waals surface area contributed by atoms with Gasteiger partial charge >= 0.3 is 0 Å². The molecule has 0 aliphatic carbocycles. The fourth-order valence-corrected chi connectivity index (χ4v) is 2.76. The van der Waals surface area contributed by atoms with Gasteiger partial charge in [-0.1, -0.05) is 53.5 Å². The van der Waals surface area contributed by atoms with Gasteiger partial charge in [0.1, 0.15) is 11.6 Å². The molecule has 1 N–H and O–H groups in total. The van der Waals surface area contributed by atoms with Crippen molar-refractivity contribution in [2.45, 2.75) is 19.6 Å². The van der Waals surface area contributed by atoms with Crippen molar-refractivity contribution in [2.24, 2.45) is 0 Å². The van der Waals surface area contributed by atoms with Crippen molar-refractivity contribution in [1.82, 2.24) is 9.78 Å². The number of ether oxygens (including phenoxy) is 1. The Hall–Kier alpha value is -2.50. The summed E-state index contributed by atoms with van der Waals surface area (Å²) in [5.41, 5.74) is 0.812. The van der Waals surface area contributed by atoms with Gasteiger partial charge in [-0.25, -0.2) is 4.68 Å². The monoisotopic (exact) mass is 389 g/mol. The topological polar surface area (TPSA) is 56.1 Å². The van der Waals surface area contributed by atoms with Gasteiger partial charge in [-0.05, 0) is 30.7 Å². The maximum absolute atomic E-state index is 12.4. The van der Waals surface area contributed by atoms with E-state index >= 15 is 0 Å². The van der Waals surface area contributed by atoms with E-state index < -0.39 is 6.10 Å². The molecule has 1 aromatic heterocycles. The Balaban J connectivity index is 1.68. The number of para-hydroxylation sites is 1. The molecule has 0 aliphatic heterocycles. The molecule has 0 aliphatic rings. The number of rotatable bonds is 6. The van der Waals surface area contributed by atoms with Crippen molar-refractivity contribution in [3.8, 4) is 5.75 Å². The Bertz CT molecular complexity index is 897. The second-order valence-electron chi connectivity index (χ2n) is 5.65. The normalized spacial score (nSPS) is 11.8. The van der Waals surface area contributed by atoms with Crippen LogP contribution in [0.1, 0.15) is 12.5 Å². The highest BCUT2D eigenvalue weighted by molar-refractivity contribution is 6.42. The molecule has 3 rings (SSSR count). The van der Waals surface area contributed by atoms with Crippen LogP contribution in [0.25, 0.3) is 0 Å². The molecule has 1 atom stereocenters. The molecular weight excluding hydrogens is 373 g/mol. The van der Waals surface area contributed by atoms with E-state index in [1.165, 1.54) is 0 Å². The molecule has 0 fully saturated rings. The van der Waals surface area contributed by atoms with Crippen LogP contribution in [-0.2, 0) is 11.3 Å². The lowest BCUT2D eigenvalue weighted by molar-refractivity contribution is -0.122. The zero-order chi connectivity index (χ0) is 18.5. The number of hydrogen-bond donors (Lipinski definition) is 1. The maximum atomic E-state index is 12.4. The summed E-state index contributed by atoms with van der Waals surface area (Å²) in [6.45, 7) is 2.08. The van der Waals surface area contributed by atoms with Crippen LogP contribution in [0.5, 0.6) is 5.75 Å². The number of nitrogens with one attached hydrogen (secondary N) is 1. The zero-order valence-electron chi connectivity index (χ0n) is 14.0. The largest absolute Gasteiger partial charge is 0.481 e. The molecule has 2 aromatic carbocycles. The van der Waals surface area contributed by atoms with Gasteiger partial charge in [-0.3, -0.25) is 4.79 Å². The predicted molar refractivity (Wildman–Crippen MR) is 103 cm³/mol. The van der Waals surface area contributed by atoms with Gasteiger partial charge in [0.15, 0.2) is 6.10 Å². The van der Waals surface area contributed by atoms with E-state index in [-0.39, 0.29) is 5.91 Å². The van der Waals surface area contributed by atoms with Crippen LogP contribution in [0.3, 0.4) is 0 Å². The van der Waals surface area contributed by atoms with E-state index in [4.69, 9.17) is 27.9 Å². The number of carbonyl (C=O) groups is 1. The molecule has 0 saturated carbocycles. The zero-order valence-corrected chi connectivity index (χ0v) is 15.5. The average molecular weight is 390 g/mol. The van der Waals surface area contributed by atoms with E-state index in [9.17, 15) is 4.79 Å². The summed E-state index contributed by atoms with van der Waals surface area (Å²) in [4.78, 5) is 12.4. The highest BCUT2D eigenvalue weighted by Crippen LogP contribution is 2.26. The van der Waals surface area contributed by atoms with Crippen LogP contribution in [0.15, 0.2) is 60.8 Å². The molecule has 5 nitrogen and oxygen atoms in total. The van der Waals surface area contributed by atoms with Gasteiger partial charge in [0.05, 0.1) is 22.8 Å². The first kappa shape index (κ1) is 18.3. The summed E-state index contributed by atoms with van der Waals surface area (Å²) in [6, 6.07) is 16.3. The van der Waals surface area contributed by atoms with Crippen molar-refractivity contribution in [2.75, 3.05) is 5.32 Å². The molecule has 1 unspecified atom stereocenters. The number of anilines is 1. The third kappa shape index (κ3) is 4.36. The molecule has 0 bridgehead atoms. The van der Waals surface area contributed by atoms with E-state index in [1.807, 2.05) is 30.3 Å². The number of halogens is 2. The molecular formula is C19H17Cl2N3O2. The molecule has 3 aromatic rings. The maximum Gasteiger partial charge on any atom is 0.266 e. The molecule has 134 valence electrons. The number of nitrogens with zero attached hydrogens (tertiary/aromatic N) is 2. The van der Waals surface area contributed by atoms with Crippen molar-refractivity contribution in [3.63, 3.8) is 0 Å². The first-order chi connectivity index (χ1) is 12.5. The van der Waals surface area contributed by atoms with Crippen molar-refractivity contribution in [1.29, 1.82) is 0 Å². The SMILES string of the molecule is CC(Oc1ccccc1)C(=O)Nc1ccnn1Cc1cccc(Cl)c1Cl. The number of hydrogen-bond acceptors (Lipinski definition) is 3. The van der Waals surface area contributed by atoms with Crippen molar-refractivity contribution in [3.05, 3.63) is 76.4 Å². The summed E-state index contributed by atoms with van der Waals surface area (Å²) in [5, 5.41) is 8.02. The molecule has 7 heteroatoms. The number of carbonyl (C=O) groups excluding carboxylic acids is 1. The molecule has 0 saturated heterocycles. The van der Waals surface area contributed by atoms with Crippen molar-refractivity contribution >= 4 is 34.9 Å². The Labute approximate surface area is 161 Å². The van der Waals surface area contributed by atoms with Gasteiger partial charge in [0, 0.05) is 6.07 Å². The van der Waals surface area contributed by atoms with E-state index in [0.717, 1.165) is 5.56 Å². The number of amides is 1. The average Bonchev–Trinajstić information content (AvgIpc) is 3.06. The van der Waals surface area contributed by atoms with Crippen LogP contribution in [0, 0.1) is 0 Å². The third-order valence-electron chi connectivity index (χ3n) is 3.74. The summed E-state index contributed by atoms with van der Waals surface area (Å²) in [6.07, 6.45) is 0.951. The van der Waals surface area contributed by atoms with E-state index in [2.05, 4.69) is 10.4 Å². The summed E-state index contributed by atoms with van der Waals surface area (Å²) in [5.74, 6) is 0.914. The van der Waals surface area contributed by atoms with Crippen LogP contribution in [0.4, 0.5) is 5.82 Å². The number of benzene rings is 2. The van der Waals surface area contributed by atoms with Gasteiger partial charge in [0.2, 0.25) is 0 Å².